The monoisotopic (exact) mass is 552 g/mol. The van der Waals surface area contributed by atoms with Gasteiger partial charge in [0, 0.05) is 26.2 Å². The standard InChI is InChI=1S/C34H24N4O2S/c1-5-18(4)23-8-6-7-22(17(2)3)31(23)38-33(39)25-12-20(15-36)28-24-11-19(14-35)9-10-27(24)41-32-21(16-37)13-26(34(38)40)29(25)30(28)32/h6-13,17-18H,5H2,1-4H3. The second kappa shape index (κ2) is 9.56. The zero-order chi connectivity index (χ0) is 29.2. The minimum atomic E-state index is -0.486. The summed E-state index contributed by atoms with van der Waals surface area (Å²) < 4.78 is 2.66. The second-order valence-corrected chi connectivity index (χ2v) is 11.8. The van der Waals surface area contributed by atoms with Crippen molar-refractivity contribution >= 4 is 53.1 Å². The van der Waals surface area contributed by atoms with Crippen LogP contribution in [0.5, 0.6) is 0 Å². The Morgan fingerprint density at radius 3 is 2.05 bits per heavy atom. The van der Waals surface area contributed by atoms with E-state index in [9.17, 15) is 25.4 Å². The molecule has 6 aromatic rings. The van der Waals surface area contributed by atoms with Crippen LogP contribution in [-0.2, 0) is 0 Å². The highest BCUT2D eigenvalue weighted by Crippen LogP contribution is 2.43. The molecule has 0 aliphatic rings. The van der Waals surface area contributed by atoms with E-state index in [0.29, 0.717) is 43.1 Å². The fourth-order valence-corrected chi connectivity index (χ4v) is 7.10. The van der Waals surface area contributed by atoms with Gasteiger partial charge in [-0.05, 0) is 59.7 Å². The van der Waals surface area contributed by atoms with E-state index in [1.807, 2.05) is 32.0 Å². The van der Waals surface area contributed by atoms with Crippen LogP contribution >= 0.6 is 11.3 Å². The molecule has 0 amide bonds. The van der Waals surface area contributed by atoms with Gasteiger partial charge < -0.3 is 0 Å². The molecule has 0 saturated heterocycles. The van der Waals surface area contributed by atoms with E-state index >= 15 is 0 Å². The van der Waals surface area contributed by atoms with E-state index in [-0.39, 0.29) is 28.2 Å². The third kappa shape index (κ3) is 3.66. The molecule has 0 N–H and O–H groups in total. The topological polar surface area (TPSA) is 110 Å². The number of para-hydroxylation sites is 1. The molecule has 1 atom stereocenters. The third-order valence-corrected chi connectivity index (χ3v) is 9.35. The van der Waals surface area contributed by atoms with Gasteiger partial charge in [0.15, 0.2) is 0 Å². The van der Waals surface area contributed by atoms with Gasteiger partial charge in [-0.1, -0.05) is 45.9 Å². The number of hydrogen-bond acceptors (Lipinski definition) is 6. The smallest absolute Gasteiger partial charge is 0.266 e. The first-order valence-corrected chi connectivity index (χ1v) is 14.3. The minimum absolute atomic E-state index is 0.0398. The number of aromatic nitrogens is 1. The molecule has 7 heteroatoms. The molecule has 6 nitrogen and oxygen atoms in total. The normalized spacial score (nSPS) is 12.2. The Labute approximate surface area is 239 Å². The van der Waals surface area contributed by atoms with Crippen molar-refractivity contribution in [3.8, 4) is 23.9 Å². The number of nitriles is 3. The lowest BCUT2D eigenvalue weighted by Gasteiger charge is -2.23. The summed E-state index contributed by atoms with van der Waals surface area (Å²) >= 11 is 1.35. The van der Waals surface area contributed by atoms with Crippen LogP contribution in [0.25, 0.3) is 47.4 Å². The predicted molar refractivity (Wildman–Crippen MR) is 164 cm³/mol. The van der Waals surface area contributed by atoms with E-state index in [1.165, 1.54) is 15.9 Å². The Bertz CT molecular complexity index is 2290. The van der Waals surface area contributed by atoms with E-state index in [1.54, 1.807) is 30.3 Å². The summed E-state index contributed by atoms with van der Waals surface area (Å²) in [5.41, 5.74) is 2.39. The van der Waals surface area contributed by atoms with Crippen molar-refractivity contribution in [2.24, 2.45) is 0 Å². The maximum Gasteiger partial charge on any atom is 0.266 e. The van der Waals surface area contributed by atoms with E-state index in [2.05, 4.69) is 32.1 Å². The van der Waals surface area contributed by atoms with Crippen molar-refractivity contribution < 1.29 is 0 Å². The van der Waals surface area contributed by atoms with Crippen LogP contribution in [0.4, 0.5) is 0 Å². The molecular weight excluding hydrogens is 528 g/mol. The van der Waals surface area contributed by atoms with Crippen molar-refractivity contribution in [1.82, 2.24) is 4.57 Å². The van der Waals surface area contributed by atoms with Gasteiger partial charge >= 0.3 is 0 Å². The van der Waals surface area contributed by atoms with Crippen LogP contribution in [-0.4, -0.2) is 4.57 Å². The summed E-state index contributed by atoms with van der Waals surface area (Å²) in [5, 5.41) is 32.8. The van der Waals surface area contributed by atoms with Crippen molar-refractivity contribution in [2.45, 2.75) is 46.0 Å². The molecule has 0 radical (unpaired) electrons. The van der Waals surface area contributed by atoms with Crippen LogP contribution in [0.15, 0.2) is 58.1 Å². The number of pyridine rings is 1. The zero-order valence-electron chi connectivity index (χ0n) is 23.0. The maximum absolute atomic E-state index is 14.4. The summed E-state index contributed by atoms with van der Waals surface area (Å²) in [5.74, 6) is 0.130. The van der Waals surface area contributed by atoms with E-state index < -0.39 is 11.1 Å². The molecule has 0 bridgehead atoms. The van der Waals surface area contributed by atoms with Crippen LogP contribution in [0.3, 0.4) is 0 Å². The third-order valence-electron chi connectivity index (χ3n) is 8.14. The first kappa shape index (κ1) is 26.2. The van der Waals surface area contributed by atoms with Gasteiger partial charge in [-0.2, -0.15) is 15.8 Å². The largest absolute Gasteiger partial charge is 0.268 e. The van der Waals surface area contributed by atoms with Crippen molar-refractivity contribution in [3.63, 3.8) is 0 Å². The zero-order valence-corrected chi connectivity index (χ0v) is 23.8. The fraction of sp³-hybridized carbons (Fsp3) is 0.206. The summed E-state index contributed by atoms with van der Waals surface area (Å²) in [6.45, 7) is 8.21. The Kier molecular flexibility index (Phi) is 6.11. The van der Waals surface area contributed by atoms with E-state index in [0.717, 1.165) is 22.2 Å². The van der Waals surface area contributed by atoms with Crippen molar-refractivity contribution in [3.05, 3.63) is 97.1 Å². The van der Waals surface area contributed by atoms with Crippen molar-refractivity contribution in [2.75, 3.05) is 0 Å². The highest BCUT2D eigenvalue weighted by molar-refractivity contribution is 7.25. The molecule has 198 valence electrons. The summed E-state index contributed by atoms with van der Waals surface area (Å²) in [7, 11) is 0. The first-order chi connectivity index (χ1) is 19.7. The Morgan fingerprint density at radius 1 is 0.780 bits per heavy atom. The molecule has 1 unspecified atom stereocenters. The number of fused-ring (bicyclic) bond motifs is 2. The lowest BCUT2D eigenvalue weighted by Crippen LogP contribution is -2.34. The van der Waals surface area contributed by atoms with Crippen LogP contribution in [0, 0.1) is 34.0 Å². The average Bonchev–Trinajstić information content (AvgIpc) is 2.99. The SMILES string of the molecule is CCC(C)c1cccc(C(C)C)c1-n1c(=O)c2cc(C#N)c3sc4ccc(C#N)cc4c4c(C#N)cc(c1=O)c2c34. The highest BCUT2D eigenvalue weighted by atomic mass is 32.1. The summed E-state index contributed by atoms with van der Waals surface area (Å²) in [6.07, 6.45) is 0.822. The summed E-state index contributed by atoms with van der Waals surface area (Å²) in [6, 6.07) is 20.9. The molecule has 0 saturated carbocycles. The van der Waals surface area contributed by atoms with Crippen molar-refractivity contribution in [1.29, 1.82) is 15.8 Å². The van der Waals surface area contributed by atoms with Crippen LogP contribution < -0.4 is 11.1 Å². The maximum atomic E-state index is 14.4. The molecule has 2 aromatic heterocycles. The van der Waals surface area contributed by atoms with Gasteiger partial charge in [-0.25, -0.2) is 4.57 Å². The van der Waals surface area contributed by atoms with Gasteiger partial charge in [0.05, 0.1) is 50.0 Å². The fourth-order valence-electron chi connectivity index (χ4n) is 5.95. The highest BCUT2D eigenvalue weighted by Gasteiger charge is 2.26. The number of nitrogens with zero attached hydrogens (tertiary/aromatic N) is 4. The molecule has 2 heterocycles. The van der Waals surface area contributed by atoms with Gasteiger partial charge in [0.25, 0.3) is 11.1 Å². The first-order valence-electron chi connectivity index (χ1n) is 13.5. The predicted octanol–water partition coefficient (Wildman–Crippen LogP) is 7.56. The molecule has 0 fully saturated rings. The van der Waals surface area contributed by atoms with Gasteiger partial charge in [-0.3, -0.25) is 9.59 Å². The molecule has 41 heavy (non-hydrogen) atoms. The number of rotatable bonds is 4. The lowest BCUT2D eigenvalue weighted by molar-refractivity contribution is 0.715. The van der Waals surface area contributed by atoms with Gasteiger partial charge in [0.2, 0.25) is 0 Å². The molecule has 0 aliphatic heterocycles. The Morgan fingerprint density at radius 2 is 1.44 bits per heavy atom. The van der Waals surface area contributed by atoms with Gasteiger partial charge in [0.1, 0.15) is 6.07 Å². The summed E-state index contributed by atoms with van der Waals surface area (Å²) in [4.78, 5) is 28.9. The number of benzene rings is 4. The van der Waals surface area contributed by atoms with Crippen LogP contribution in [0.1, 0.15) is 73.8 Å². The minimum Gasteiger partial charge on any atom is -0.268 e. The molecule has 6 rings (SSSR count). The van der Waals surface area contributed by atoms with E-state index in [4.69, 9.17) is 0 Å². The Balaban J connectivity index is 1.93. The Hall–Kier alpha value is -5.03. The quantitative estimate of drug-likeness (QED) is 0.165. The molecular formula is C34H24N4O2S. The van der Waals surface area contributed by atoms with Gasteiger partial charge in [-0.15, -0.1) is 11.3 Å². The average molecular weight is 553 g/mol. The van der Waals surface area contributed by atoms with Crippen LogP contribution in [0.2, 0.25) is 0 Å². The molecule has 0 aliphatic carbocycles. The molecule has 0 spiro atoms. The number of hydrogen-bond donors (Lipinski definition) is 0. The second-order valence-electron chi connectivity index (χ2n) is 10.7. The molecule has 4 aromatic carbocycles. The lowest BCUT2D eigenvalue weighted by atomic mass is 9.89.